The summed E-state index contributed by atoms with van der Waals surface area (Å²) in [5.41, 5.74) is 6.62. The first kappa shape index (κ1) is 15.4. The van der Waals surface area contributed by atoms with Crippen molar-refractivity contribution in [3.05, 3.63) is 35.4 Å². The first-order valence-corrected chi connectivity index (χ1v) is 7.38. The first-order valence-electron chi connectivity index (χ1n) is 7.38. The molecule has 1 aromatic carbocycles. The fraction of sp³-hybridized carbons (Fsp3) is 0.500. The van der Waals surface area contributed by atoms with Gasteiger partial charge in [0.2, 0.25) is 0 Å². The summed E-state index contributed by atoms with van der Waals surface area (Å²) in [6.07, 6.45) is 3.28. The third-order valence-corrected chi connectivity index (χ3v) is 4.04. The van der Waals surface area contributed by atoms with Crippen molar-refractivity contribution in [1.29, 1.82) is 0 Å². The number of nitrogens with two attached hydrogens (primary N) is 1. The van der Waals surface area contributed by atoms with Crippen LogP contribution in [0, 0.1) is 11.8 Å². The number of carbonyl (C=O) groups excluding carboxylic acids is 1. The number of nitrogens with zero attached hydrogens (tertiary/aromatic N) is 1. The van der Waals surface area contributed by atoms with E-state index in [1.165, 1.54) is 6.42 Å². The van der Waals surface area contributed by atoms with Gasteiger partial charge in [0, 0.05) is 17.2 Å². The highest BCUT2D eigenvalue weighted by atomic mass is 16.4. The number of hydrogen-bond donors (Lipinski definition) is 3. The van der Waals surface area contributed by atoms with Crippen LogP contribution in [0.2, 0.25) is 0 Å². The second-order valence-electron chi connectivity index (χ2n) is 6.15. The molecule has 1 amide bonds. The average molecular weight is 289 g/mol. The van der Waals surface area contributed by atoms with Gasteiger partial charge in [-0.1, -0.05) is 31.1 Å². The van der Waals surface area contributed by atoms with Crippen LogP contribution in [0.25, 0.3) is 0 Å². The molecule has 2 rings (SSSR count). The van der Waals surface area contributed by atoms with Gasteiger partial charge in [0.25, 0.3) is 5.91 Å². The van der Waals surface area contributed by atoms with Crippen LogP contribution in [0.4, 0.5) is 0 Å². The van der Waals surface area contributed by atoms with Gasteiger partial charge in [-0.25, -0.2) is 0 Å². The Morgan fingerprint density at radius 2 is 1.86 bits per heavy atom. The number of hydrogen-bond acceptors (Lipinski definition) is 3. The molecule has 0 heterocycles. The van der Waals surface area contributed by atoms with Gasteiger partial charge in [0.05, 0.1) is 0 Å². The second-order valence-corrected chi connectivity index (χ2v) is 6.15. The molecule has 0 radical (unpaired) electrons. The Morgan fingerprint density at radius 3 is 2.48 bits per heavy atom. The highest BCUT2D eigenvalue weighted by Crippen LogP contribution is 2.28. The molecule has 0 saturated heterocycles. The van der Waals surface area contributed by atoms with Crippen LogP contribution in [0.5, 0.6) is 0 Å². The van der Waals surface area contributed by atoms with Crippen LogP contribution >= 0.6 is 0 Å². The normalized spacial score (nSPS) is 26.4. The Balaban J connectivity index is 2.06. The van der Waals surface area contributed by atoms with Crippen molar-refractivity contribution in [2.45, 2.75) is 39.2 Å². The third kappa shape index (κ3) is 3.97. The number of amidine groups is 1. The van der Waals surface area contributed by atoms with Crippen molar-refractivity contribution < 1.29 is 10.0 Å². The summed E-state index contributed by atoms with van der Waals surface area (Å²) in [4.78, 5) is 12.3. The van der Waals surface area contributed by atoms with Crippen molar-refractivity contribution in [1.82, 2.24) is 5.32 Å². The standard InChI is InChI=1S/C16H23N3O2/c1-10-6-11(2)8-14(7-10)18-16(20)13-5-3-4-12(9-13)15(17)19-21/h3-5,9-11,14,21H,6-8H2,1-2H3,(H2,17,19)(H,18,20). The minimum atomic E-state index is -0.103. The summed E-state index contributed by atoms with van der Waals surface area (Å²) in [7, 11) is 0. The Hall–Kier alpha value is -2.04. The summed E-state index contributed by atoms with van der Waals surface area (Å²) >= 11 is 0. The summed E-state index contributed by atoms with van der Waals surface area (Å²) in [5, 5.41) is 14.8. The number of nitrogens with one attached hydrogen (secondary N) is 1. The molecular formula is C16H23N3O2. The molecule has 0 bridgehead atoms. The largest absolute Gasteiger partial charge is 0.409 e. The number of carbonyl (C=O) groups is 1. The zero-order valence-corrected chi connectivity index (χ0v) is 12.5. The zero-order chi connectivity index (χ0) is 15.4. The molecular weight excluding hydrogens is 266 g/mol. The Labute approximate surface area is 125 Å². The lowest BCUT2D eigenvalue weighted by Crippen LogP contribution is -2.40. The second kappa shape index (κ2) is 6.61. The number of benzene rings is 1. The molecule has 1 saturated carbocycles. The van der Waals surface area contributed by atoms with E-state index in [0.717, 1.165) is 12.8 Å². The van der Waals surface area contributed by atoms with Gasteiger partial charge in [0.1, 0.15) is 0 Å². The molecule has 5 heteroatoms. The third-order valence-electron chi connectivity index (χ3n) is 4.04. The van der Waals surface area contributed by atoms with Gasteiger partial charge >= 0.3 is 0 Å². The molecule has 114 valence electrons. The van der Waals surface area contributed by atoms with Crippen LogP contribution in [-0.2, 0) is 0 Å². The van der Waals surface area contributed by atoms with E-state index >= 15 is 0 Å². The summed E-state index contributed by atoms with van der Waals surface area (Å²) < 4.78 is 0. The quantitative estimate of drug-likeness (QED) is 0.345. The van der Waals surface area contributed by atoms with Crippen LogP contribution in [-0.4, -0.2) is 23.0 Å². The molecule has 1 aliphatic rings. The number of oxime groups is 1. The topological polar surface area (TPSA) is 87.7 Å². The van der Waals surface area contributed by atoms with Crippen molar-refractivity contribution in [3.8, 4) is 0 Å². The van der Waals surface area contributed by atoms with Crippen molar-refractivity contribution >= 4 is 11.7 Å². The van der Waals surface area contributed by atoms with E-state index < -0.39 is 0 Å². The van der Waals surface area contributed by atoms with Crippen molar-refractivity contribution in [2.24, 2.45) is 22.7 Å². The summed E-state index contributed by atoms with van der Waals surface area (Å²) in [5.74, 6) is 1.18. The van der Waals surface area contributed by atoms with Gasteiger partial charge in [-0.15, -0.1) is 0 Å². The fourth-order valence-corrected chi connectivity index (χ4v) is 3.21. The summed E-state index contributed by atoms with van der Waals surface area (Å²) in [6, 6.07) is 7.04. The van der Waals surface area contributed by atoms with Crippen molar-refractivity contribution in [2.75, 3.05) is 0 Å². The van der Waals surface area contributed by atoms with Crippen molar-refractivity contribution in [3.63, 3.8) is 0 Å². The lowest BCUT2D eigenvalue weighted by atomic mass is 9.80. The van der Waals surface area contributed by atoms with Gasteiger partial charge in [0.15, 0.2) is 5.84 Å². The predicted molar refractivity (Wildman–Crippen MR) is 82.4 cm³/mol. The number of amides is 1. The average Bonchev–Trinajstić information content (AvgIpc) is 2.45. The van der Waals surface area contributed by atoms with E-state index in [9.17, 15) is 4.79 Å². The van der Waals surface area contributed by atoms with Crippen LogP contribution in [0.1, 0.15) is 49.0 Å². The molecule has 4 N–H and O–H groups in total. The molecule has 0 spiro atoms. The van der Waals surface area contributed by atoms with Gasteiger partial charge in [-0.05, 0) is 43.2 Å². The van der Waals surface area contributed by atoms with E-state index in [2.05, 4.69) is 24.3 Å². The molecule has 21 heavy (non-hydrogen) atoms. The minimum Gasteiger partial charge on any atom is -0.409 e. The molecule has 1 aromatic rings. The lowest BCUT2D eigenvalue weighted by molar-refractivity contribution is 0.0911. The first-order chi connectivity index (χ1) is 9.99. The molecule has 5 nitrogen and oxygen atoms in total. The maximum absolute atomic E-state index is 12.3. The van der Waals surface area contributed by atoms with E-state index in [1.807, 2.05) is 0 Å². The molecule has 0 aliphatic heterocycles. The Bertz CT molecular complexity index is 532. The van der Waals surface area contributed by atoms with Gasteiger partial charge in [-0.2, -0.15) is 0 Å². The van der Waals surface area contributed by atoms with Crippen LogP contribution in [0.15, 0.2) is 29.4 Å². The maximum Gasteiger partial charge on any atom is 0.251 e. The Morgan fingerprint density at radius 1 is 1.24 bits per heavy atom. The highest BCUT2D eigenvalue weighted by Gasteiger charge is 2.25. The zero-order valence-electron chi connectivity index (χ0n) is 12.5. The van der Waals surface area contributed by atoms with Gasteiger partial charge in [-0.3, -0.25) is 4.79 Å². The predicted octanol–water partition coefficient (Wildman–Crippen LogP) is 2.34. The van der Waals surface area contributed by atoms with E-state index in [0.29, 0.717) is 23.0 Å². The van der Waals surface area contributed by atoms with E-state index in [-0.39, 0.29) is 17.8 Å². The monoisotopic (exact) mass is 289 g/mol. The highest BCUT2D eigenvalue weighted by molar-refractivity contribution is 6.01. The number of rotatable bonds is 3. The molecule has 2 unspecified atom stereocenters. The van der Waals surface area contributed by atoms with E-state index in [4.69, 9.17) is 10.9 Å². The SMILES string of the molecule is CC1CC(C)CC(NC(=O)c2cccc(C(N)=NO)c2)C1. The lowest BCUT2D eigenvalue weighted by Gasteiger charge is -2.32. The molecule has 1 aliphatic carbocycles. The maximum atomic E-state index is 12.3. The van der Waals surface area contributed by atoms with E-state index in [1.54, 1.807) is 24.3 Å². The Kier molecular flexibility index (Phi) is 4.83. The summed E-state index contributed by atoms with van der Waals surface area (Å²) in [6.45, 7) is 4.46. The van der Waals surface area contributed by atoms with Crippen LogP contribution < -0.4 is 11.1 Å². The minimum absolute atomic E-state index is 0.00422. The smallest absolute Gasteiger partial charge is 0.251 e. The molecule has 2 atom stereocenters. The molecule has 1 fully saturated rings. The van der Waals surface area contributed by atoms with Crippen LogP contribution in [0.3, 0.4) is 0 Å². The fourth-order valence-electron chi connectivity index (χ4n) is 3.21. The molecule has 0 aromatic heterocycles. The van der Waals surface area contributed by atoms with Gasteiger partial charge < -0.3 is 16.3 Å².